The summed E-state index contributed by atoms with van der Waals surface area (Å²) in [5.41, 5.74) is 4.10. The van der Waals surface area contributed by atoms with Gasteiger partial charge < -0.3 is 14.7 Å². The van der Waals surface area contributed by atoms with E-state index in [2.05, 4.69) is 0 Å². The number of anilines is 1. The summed E-state index contributed by atoms with van der Waals surface area (Å²) < 4.78 is 5.83. The predicted molar refractivity (Wildman–Crippen MR) is 105 cm³/mol. The van der Waals surface area contributed by atoms with E-state index in [4.69, 9.17) is 4.74 Å². The molecule has 5 nitrogen and oxygen atoms in total. The number of fused-ring (bicyclic) bond motifs is 1. The van der Waals surface area contributed by atoms with E-state index in [0.29, 0.717) is 38.0 Å². The van der Waals surface area contributed by atoms with Crippen LogP contribution in [0.5, 0.6) is 5.75 Å². The number of aryl methyl sites for hydroxylation is 1. The number of hydrogen-bond acceptors (Lipinski definition) is 3. The number of benzene rings is 2. The number of carboxylic acid groups (broad SMARTS) is 1. The summed E-state index contributed by atoms with van der Waals surface area (Å²) in [6.45, 7) is 5.18. The Morgan fingerprint density at radius 1 is 1.15 bits per heavy atom. The molecule has 0 unspecified atom stereocenters. The van der Waals surface area contributed by atoms with Gasteiger partial charge in [-0.3, -0.25) is 4.79 Å². The van der Waals surface area contributed by atoms with Gasteiger partial charge in [0.25, 0.3) is 0 Å². The number of amides is 1. The molecular formula is C22H25NO4. The minimum Gasteiger partial charge on any atom is -0.493 e. The van der Waals surface area contributed by atoms with Gasteiger partial charge in [0.2, 0.25) is 5.91 Å². The predicted octanol–water partition coefficient (Wildman–Crippen LogP) is 4.14. The summed E-state index contributed by atoms with van der Waals surface area (Å²) in [7, 11) is 0. The minimum absolute atomic E-state index is 0.0167. The fourth-order valence-corrected chi connectivity index (χ4v) is 3.51. The number of carbonyl (C=O) groups excluding carboxylic acids is 1. The van der Waals surface area contributed by atoms with Crippen molar-refractivity contribution in [2.24, 2.45) is 0 Å². The van der Waals surface area contributed by atoms with Gasteiger partial charge in [-0.15, -0.1) is 0 Å². The maximum Gasteiger partial charge on any atom is 0.336 e. The first kappa shape index (κ1) is 19.0. The van der Waals surface area contributed by atoms with Gasteiger partial charge in [0, 0.05) is 18.7 Å². The third-order valence-corrected chi connectivity index (χ3v) is 5.13. The lowest BCUT2D eigenvalue weighted by Gasteiger charge is -2.30. The van der Waals surface area contributed by atoms with E-state index >= 15 is 0 Å². The average molecular weight is 367 g/mol. The smallest absolute Gasteiger partial charge is 0.336 e. The van der Waals surface area contributed by atoms with Crippen molar-refractivity contribution in [3.8, 4) is 5.75 Å². The zero-order valence-corrected chi connectivity index (χ0v) is 15.8. The summed E-state index contributed by atoms with van der Waals surface area (Å²) in [4.78, 5) is 25.8. The van der Waals surface area contributed by atoms with Crippen molar-refractivity contribution >= 4 is 17.6 Å². The second-order valence-corrected chi connectivity index (χ2v) is 6.91. The molecule has 0 radical (unpaired) electrons. The van der Waals surface area contributed by atoms with E-state index < -0.39 is 5.97 Å². The lowest BCUT2D eigenvalue weighted by atomic mass is 9.96. The van der Waals surface area contributed by atoms with Crippen molar-refractivity contribution in [3.05, 3.63) is 58.7 Å². The first-order valence-electron chi connectivity index (χ1n) is 9.33. The molecule has 2 aromatic rings. The van der Waals surface area contributed by atoms with Crippen LogP contribution in [0.1, 0.15) is 46.3 Å². The van der Waals surface area contributed by atoms with Crippen molar-refractivity contribution in [1.82, 2.24) is 0 Å². The zero-order chi connectivity index (χ0) is 19.4. The molecule has 1 heterocycles. The van der Waals surface area contributed by atoms with Crippen LogP contribution >= 0.6 is 0 Å². The molecule has 0 fully saturated rings. The van der Waals surface area contributed by atoms with Gasteiger partial charge >= 0.3 is 5.97 Å². The SMILES string of the molecule is Cc1cccc(OCCCC(=O)N2CCCc3c(C(=O)O)cccc32)c1C. The van der Waals surface area contributed by atoms with Crippen LogP contribution in [0.2, 0.25) is 0 Å². The van der Waals surface area contributed by atoms with Gasteiger partial charge in [0.05, 0.1) is 12.2 Å². The molecule has 5 heteroatoms. The summed E-state index contributed by atoms with van der Waals surface area (Å²) in [6, 6.07) is 11.1. The van der Waals surface area contributed by atoms with Crippen LogP contribution < -0.4 is 9.64 Å². The van der Waals surface area contributed by atoms with Crippen LogP contribution in [0.4, 0.5) is 5.69 Å². The molecule has 27 heavy (non-hydrogen) atoms. The molecule has 1 aliphatic rings. The number of nitrogens with zero attached hydrogens (tertiary/aromatic N) is 1. The van der Waals surface area contributed by atoms with Crippen molar-refractivity contribution < 1.29 is 19.4 Å². The van der Waals surface area contributed by atoms with Crippen LogP contribution in [0.3, 0.4) is 0 Å². The highest BCUT2D eigenvalue weighted by Gasteiger charge is 2.25. The Hall–Kier alpha value is -2.82. The molecule has 1 N–H and O–H groups in total. The number of aromatic carboxylic acids is 1. The van der Waals surface area contributed by atoms with Crippen LogP contribution in [-0.4, -0.2) is 30.1 Å². The van der Waals surface area contributed by atoms with Gasteiger partial charge in [0.1, 0.15) is 5.75 Å². The standard InChI is InChI=1S/C22H25NO4/c1-15-7-3-11-20(16(15)2)27-14-6-12-21(24)23-13-5-9-17-18(22(25)26)8-4-10-19(17)23/h3-4,7-8,10-11H,5-6,9,12-14H2,1-2H3,(H,25,26). The maximum atomic E-state index is 12.7. The van der Waals surface area contributed by atoms with Crippen molar-refractivity contribution in [2.75, 3.05) is 18.1 Å². The highest BCUT2D eigenvalue weighted by molar-refractivity contribution is 5.98. The fraction of sp³-hybridized carbons (Fsp3) is 0.364. The average Bonchev–Trinajstić information content (AvgIpc) is 2.67. The van der Waals surface area contributed by atoms with Gasteiger partial charge in [-0.05, 0) is 68.0 Å². The molecule has 142 valence electrons. The van der Waals surface area contributed by atoms with Crippen molar-refractivity contribution in [2.45, 2.75) is 39.5 Å². The molecule has 0 saturated heterocycles. The topological polar surface area (TPSA) is 66.8 Å². The van der Waals surface area contributed by atoms with Gasteiger partial charge in [0.15, 0.2) is 0 Å². The Morgan fingerprint density at radius 3 is 2.70 bits per heavy atom. The van der Waals surface area contributed by atoms with E-state index in [0.717, 1.165) is 29.0 Å². The molecule has 0 aromatic heterocycles. The Balaban J connectivity index is 1.61. The number of hydrogen-bond donors (Lipinski definition) is 1. The largest absolute Gasteiger partial charge is 0.493 e. The number of ether oxygens (including phenoxy) is 1. The second-order valence-electron chi connectivity index (χ2n) is 6.91. The monoisotopic (exact) mass is 367 g/mol. The van der Waals surface area contributed by atoms with Crippen LogP contribution in [-0.2, 0) is 11.2 Å². The van der Waals surface area contributed by atoms with Gasteiger partial charge in [-0.2, -0.15) is 0 Å². The third kappa shape index (κ3) is 4.13. The van der Waals surface area contributed by atoms with Gasteiger partial charge in [-0.25, -0.2) is 4.79 Å². The van der Waals surface area contributed by atoms with E-state index in [9.17, 15) is 14.7 Å². The first-order valence-corrected chi connectivity index (χ1v) is 9.33. The van der Waals surface area contributed by atoms with Crippen molar-refractivity contribution in [1.29, 1.82) is 0 Å². The van der Waals surface area contributed by atoms with E-state index in [1.54, 1.807) is 17.0 Å². The lowest BCUT2D eigenvalue weighted by Crippen LogP contribution is -2.36. The Morgan fingerprint density at radius 2 is 1.93 bits per heavy atom. The summed E-state index contributed by atoms with van der Waals surface area (Å²) in [6.07, 6.45) is 2.47. The fourth-order valence-electron chi connectivity index (χ4n) is 3.51. The van der Waals surface area contributed by atoms with Gasteiger partial charge in [-0.1, -0.05) is 18.2 Å². The molecule has 0 aliphatic carbocycles. The first-order chi connectivity index (χ1) is 13.0. The zero-order valence-electron chi connectivity index (χ0n) is 15.8. The van der Waals surface area contributed by atoms with E-state index in [1.165, 1.54) is 5.56 Å². The second kappa shape index (κ2) is 8.25. The summed E-state index contributed by atoms with van der Waals surface area (Å²) in [5.74, 6) is -0.0667. The Labute approximate surface area is 159 Å². The summed E-state index contributed by atoms with van der Waals surface area (Å²) >= 11 is 0. The molecular weight excluding hydrogens is 342 g/mol. The molecule has 1 aliphatic heterocycles. The normalized spacial score (nSPS) is 13.2. The number of rotatable bonds is 6. The van der Waals surface area contributed by atoms with Crippen LogP contribution in [0.25, 0.3) is 0 Å². The van der Waals surface area contributed by atoms with E-state index in [-0.39, 0.29) is 5.91 Å². The summed E-state index contributed by atoms with van der Waals surface area (Å²) in [5, 5.41) is 9.37. The molecule has 3 rings (SSSR count). The van der Waals surface area contributed by atoms with Crippen LogP contribution in [0.15, 0.2) is 36.4 Å². The molecule has 0 atom stereocenters. The van der Waals surface area contributed by atoms with E-state index in [1.807, 2.05) is 38.1 Å². The number of carbonyl (C=O) groups is 2. The molecule has 0 saturated carbocycles. The maximum absolute atomic E-state index is 12.7. The molecule has 0 spiro atoms. The Kier molecular flexibility index (Phi) is 5.79. The lowest BCUT2D eigenvalue weighted by molar-refractivity contribution is -0.118. The molecule has 0 bridgehead atoms. The minimum atomic E-state index is -0.942. The van der Waals surface area contributed by atoms with Crippen molar-refractivity contribution in [3.63, 3.8) is 0 Å². The third-order valence-electron chi connectivity index (χ3n) is 5.13. The number of carboxylic acids is 1. The van der Waals surface area contributed by atoms with Crippen LogP contribution in [0, 0.1) is 13.8 Å². The molecule has 1 amide bonds. The highest BCUT2D eigenvalue weighted by atomic mass is 16.5. The Bertz CT molecular complexity index is 859. The molecule has 2 aromatic carbocycles. The highest BCUT2D eigenvalue weighted by Crippen LogP contribution is 2.30. The quantitative estimate of drug-likeness (QED) is 0.779.